The van der Waals surface area contributed by atoms with Gasteiger partial charge < -0.3 is 20.1 Å². The summed E-state index contributed by atoms with van der Waals surface area (Å²) >= 11 is 0. The Balaban J connectivity index is 1.93. The van der Waals surface area contributed by atoms with Gasteiger partial charge in [-0.05, 0) is 19.1 Å². The molecule has 1 aliphatic heterocycles. The van der Waals surface area contributed by atoms with E-state index in [0.717, 1.165) is 0 Å². The molecule has 0 spiro atoms. The number of nitrogens with one attached hydrogen (secondary N) is 2. The Kier molecular flexibility index (Phi) is 4.44. The van der Waals surface area contributed by atoms with Gasteiger partial charge in [-0.25, -0.2) is 0 Å². The van der Waals surface area contributed by atoms with Crippen LogP contribution in [0.2, 0.25) is 0 Å². The van der Waals surface area contributed by atoms with Gasteiger partial charge in [-0.2, -0.15) is 13.2 Å². The first-order valence-corrected chi connectivity index (χ1v) is 6.36. The van der Waals surface area contributed by atoms with Crippen LogP contribution in [0.3, 0.4) is 0 Å². The van der Waals surface area contributed by atoms with E-state index in [1.807, 2.05) is 5.32 Å². The summed E-state index contributed by atoms with van der Waals surface area (Å²) in [5.74, 6) is 0.400. The Morgan fingerprint density at radius 2 is 1.95 bits per heavy atom. The molecular formula is C13H15F3N2O3. The standard InChI is InChI=1S/C13H15F3N2O3/c1-8(12(19)17-7-13(14,15)16)18-9-2-3-10-11(6-9)21-5-4-20-10/h2-3,6,8,18H,4-5,7H2,1H3,(H,17,19). The molecule has 0 aliphatic carbocycles. The molecular weight excluding hydrogens is 289 g/mol. The summed E-state index contributed by atoms with van der Waals surface area (Å²) in [4.78, 5) is 11.6. The number of ether oxygens (including phenoxy) is 2. The second-order valence-electron chi connectivity index (χ2n) is 4.56. The van der Waals surface area contributed by atoms with E-state index < -0.39 is 24.7 Å². The molecule has 1 aromatic carbocycles. The van der Waals surface area contributed by atoms with Crippen LogP contribution in [0.4, 0.5) is 18.9 Å². The molecule has 8 heteroatoms. The van der Waals surface area contributed by atoms with E-state index in [1.54, 1.807) is 18.2 Å². The van der Waals surface area contributed by atoms with Crippen LogP contribution >= 0.6 is 0 Å². The monoisotopic (exact) mass is 304 g/mol. The quantitative estimate of drug-likeness (QED) is 0.892. The number of carbonyl (C=O) groups is 1. The van der Waals surface area contributed by atoms with Crippen molar-refractivity contribution in [2.24, 2.45) is 0 Å². The van der Waals surface area contributed by atoms with Crippen LogP contribution in [0.15, 0.2) is 18.2 Å². The minimum atomic E-state index is -4.42. The molecule has 1 aliphatic rings. The number of hydrogen-bond donors (Lipinski definition) is 2. The van der Waals surface area contributed by atoms with E-state index in [1.165, 1.54) is 6.92 Å². The first-order valence-electron chi connectivity index (χ1n) is 6.36. The summed E-state index contributed by atoms with van der Waals surface area (Å²) in [5, 5.41) is 4.64. The van der Waals surface area contributed by atoms with Gasteiger partial charge in [0, 0.05) is 11.8 Å². The third kappa shape index (κ3) is 4.44. The lowest BCUT2D eigenvalue weighted by Crippen LogP contribution is -2.42. The van der Waals surface area contributed by atoms with Crippen LogP contribution in [0.1, 0.15) is 6.92 Å². The Morgan fingerprint density at radius 3 is 2.62 bits per heavy atom. The molecule has 0 bridgehead atoms. The molecule has 1 amide bonds. The summed E-state index contributed by atoms with van der Waals surface area (Å²) in [5.41, 5.74) is 0.564. The van der Waals surface area contributed by atoms with Crippen molar-refractivity contribution in [2.45, 2.75) is 19.1 Å². The number of carbonyl (C=O) groups excluding carboxylic acids is 1. The van der Waals surface area contributed by atoms with Gasteiger partial charge in [-0.3, -0.25) is 4.79 Å². The van der Waals surface area contributed by atoms with E-state index in [4.69, 9.17) is 9.47 Å². The van der Waals surface area contributed by atoms with Gasteiger partial charge in [-0.15, -0.1) is 0 Å². The number of rotatable bonds is 4. The maximum absolute atomic E-state index is 12.0. The minimum absolute atomic E-state index is 0.429. The normalized spacial score (nSPS) is 15.2. The van der Waals surface area contributed by atoms with Gasteiger partial charge in [-0.1, -0.05) is 0 Å². The lowest BCUT2D eigenvalue weighted by Gasteiger charge is -2.20. The van der Waals surface area contributed by atoms with Crippen LogP contribution in [0.25, 0.3) is 0 Å². The van der Waals surface area contributed by atoms with Crippen molar-refractivity contribution < 1.29 is 27.4 Å². The van der Waals surface area contributed by atoms with Crippen molar-refractivity contribution in [1.29, 1.82) is 0 Å². The number of fused-ring (bicyclic) bond motifs is 1. The summed E-state index contributed by atoms with van der Waals surface area (Å²) < 4.78 is 46.8. The van der Waals surface area contributed by atoms with Crippen molar-refractivity contribution >= 4 is 11.6 Å². The molecule has 5 nitrogen and oxygen atoms in total. The molecule has 116 valence electrons. The van der Waals surface area contributed by atoms with Gasteiger partial charge in [0.15, 0.2) is 11.5 Å². The van der Waals surface area contributed by atoms with Crippen molar-refractivity contribution in [2.75, 3.05) is 25.1 Å². The maximum Gasteiger partial charge on any atom is 0.405 e. The van der Waals surface area contributed by atoms with E-state index >= 15 is 0 Å². The number of halogens is 3. The molecule has 0 saturated heterocycles. The molecule has 0 fully saturated rings. The van der Waals surface area contributed by atoms with E-state index in [-0.39, 0.29) is 0 Å². The van der Waals surface area contributed by atoms with E-state index in [0.29, 0.717) is 30.4 Å². The molecule has 2 rings (SSSR count). The van der Waals surface area contributed by atoms with Crippen molar-refractivity contribution in [3.8, 4) is 11.5 Å². The summed E-state index contributed by atoms with van der Waals surface area (Å²) in [6.07, 6.45) is -4.42. The van der Waals surface area contributed by atoms with Gasteiger partial charge >= 0.3 is 6.18 Å². The topological polar surface area (TPSA) is 59.6 Å². The highest BCUT2D eigenvalue weighted by molar-refractivity contribution is 5.84. The summed E-state index contributed by atoms with van der Waals surface area (Å²) in [6.45, 7) is 1.02. The lowest BCUT2D eigenvalue weighted by atomic mass is 10.2. The van der Waals surface area contributed by atoms with Crippen LogP contribution in [0, 0.1) is 0 Å². The molecule has 2 N–H and O–H groups in total. The molecule has 0 aromatic heterocycles. The van der Waals surface area contributed by atoms with Gasteiger partial charge in [0.2, 0.25) is 5.91 Å². The zero-order valence-electron chi connectivity index (χ0n) is 11.3. The largest absolute Gasteiger partial charge is 0.486 e. The fourth-order valence-corrected chi connectivity index (χ4v) is 1.79. The van der Waals surface area contributed by atoms with E-state index in [2.05, 4.69) is 5.32 Å². The smallest absolute Gasteiger partial charge is 0.405 e. The molecule has 0 saturated carbocycles. The highest BCUT2D eigenvalue weighted by Crippen LogP contribution is 2.32. The fourth-order valence-electron chi connectivity index (χ4n) is 1.79. The van der Waals surface area contributed by atoms with Crippen LogP contribution in [0.5, 0.6) is 11.5 Å². The Labute approximate surface area is 119 Å². The number of benzene rings is 1. The number of hydrogen-bond acceptors (Lipinski definition) is 4. The number of anilines is 1. The van der Waals surface area contributed by atoms with Crippen molar-refractivity contribution in [1.82, 2.24) is 5.32 Å². The summed E-state index contributed by atoms with van der Waals surface area (Å²) in [6, 6.07) is 4.18. The predicted molar refractivity (Wildman–Crippen MR) is 69.6 cm³/mol. The Bertz CT molecular complexity index is 520. The molecule has 1 aromatic rings. The molecule has 1 unspecified atom stereocenters. The Hall–Kier alpha value is -2.12. The third-order valence-corrected chi connectivity index (χ3v) is 2.78. The van der Waals surface area contributed by atoms with Crippen LogP contribution in [-0.4, -0.2) is 37.9 Å². The average Bonchev–Trinajstić information content (AvgIpc) is 2.43. The molecule has 21 heavy (non-hydrogen) atoms. The van der Waals surface area contributed by atoms with Crippen LogP contribution < -0.4 is 20.1 Å². The highest BCUT2D eigenvalue weighted by Gasteiger charge is 2.28. The third-order valence-electron chi connectivity index (χ3n) is 2.78. The first kappa shape index (κ1) is 15.3. The highest BCUT2D eigenvalue weighted by atomic mass is 19.4. The average molecular weight is 304 g/mol. The number of amides is 1. The first-order chi connectivity index (χ1) is 9.85. The van der Waals surface area contributed by atoms with E-state index in [9.17, 15) is 18.0 Å². The molecule has 0 radical (unpaired) electrons. The predicted octanol–water partition coefficient (Wildman–Crippen LogP) is 1.94. The van der Waals surface area contributed by atoms with Gasteiger partial charge in [0.25, 0.3) is 0 Å². The Morgan fingerprint density at radius 1 is 1.29 bits per heavy atom. The second kappa shape index (κ2) is 6.11. The maximum atomic E-state index is 12.0. The zero-order chi connectivity index (χ0) is 15.5. The van der Waals surface area contributed by atoms with Gasteiger partial charge in [0.05, 0.1) is 0 Å². The SMILES string of the molecule is CC(Nc1ccc2c(c1)OCCO2)C(=O)NCC(F)(F)F. The molecule has 1 atom stereocenters. The number of alkyl halides is 3. The minimum Gasteiger partial charge on any atom is -0.486 e. The van der Waals surface area contributed by atoms with Crippen molar-refractivity contribution in [3.63, 3.8) is 0 Å². The van der Waals surface area contributed by atoms with Crippen LogP contribution in [-0.2, 0) is 4.79 Å². The summed E-state index contributed by atoms with van der Waals surface area (Å²) in [7, 11) is 0. The molecule has 1 heterocycles. The second-order valence-corrected chi connectivity index (χ2v) is 4.56. The zero-order valence-corrected chi connectivity index (χ0v) is 11.3. The fraction of sp³-hybridized carbons (Fsp3) is 0.462. The van der Waals surface area contributed by atoms with Crippen molar-refractivity contribution in [3.05, 3.63) is 18.2 Å². The lowest BCUT2D eigenvalue weighted by molar-refractivity contribution is -0.138. The van der Waals surface area contributed by atoms with Gasteiger partial charge in [0.1, 0.15) is 25.8 Å².